The maximum atomic E-state index is 11.2. The van der Waals surface area contributed by atoms with Crippen LogP contribution in [0.3, 0.4) is 0 Å². The standard InChI is InChI=1S/C10H11NO2/c1-8(12)10(2,7-11)5-9-3-4-13-6-9/h3-4,6H,5H2,1-2H3. The van der Waals surface area contributed by atoms with Gasteiger partial charge < -0.3 is 4.42 Å². The van der Waals surface area contributed by atoms with E-state index in [0.29, 0.717) is 6.42 Å². The zero-order valence-electron chi connectivity index (χ0n) is 7.70. The van der Waals surface area contributed by atoms with Crippen molar-refractivity contribution >= 4 is 5.78 Å². The number of Topliss-reactive ketones (excluding diaryl/α,β-unsaturated/α-hetero) is 1. The first kappa shape index (κ1) is 9.53. The summed E-state index contributed by atoms with van der Waals surface area (Å²) in [6.07, 6.45) is 3.50. The number of hydrogen-bond acceptors (Lipinski definition) is 3. The van der Waals surface area contributed by atoms with E-state index < -0.39 is 5.41 Å². The molecular formula is C10H11NO2. The Hall–Kier alpha value is -1.56. The second kappa shape index (κ2) is 3.44. The maximum Gasteiger partial charge on any atom is 0.150 e. The van der Waals surface area contributed by atoms with Crippen molar-refractivity contribution in [2.45, 2.75) is 20.3 Å². The molecule has 0 aliphatic heterocycles. The van der Waals surface area contributed by atoms with Crippen LogP contribution in [0.4, 0.5) is 0 Å². The fraction of sp³-hybridized carbons (Fsp3) is 0.400. The molecule has 1 rings (SSSR count). The Morgan fingerprint density at radius 2 is 2.46 bits per heavy atom. The largest absolute Gasteiger partial charge is 0.472 e. The van der Waals surface area contributed by atoms with Crippen LogP contribution in [0.5, 0.6) is 0 Å². The van der Waals surface area contributed by atoms with Gasteiger partial charge in [-0.15, -0.1) is 0 Å². The van der Waals surface area contributed by atoms with Crippen LogP contribution in [0.2, 0.25) is 0 Å². The van der Waals surface area contributed by atoms with Crippen LogP contribution in [0, 0.1) is 16.7 Å². The highest BCUT2D eigenvalue weighted by atomic mass is 16.3. The number of furan rings is 1. The average molecular weight is 177 g/mol. The Kier molecular flexibility index (Phi) is 2.52. The molecule has 3 nitrogen and oxygen atoms in total. The summed E-state index contributed by atoms with van der Waals surface area (Å²) in [5, 5.41) is 8.85. The van der Waals surface area contributed by atoms with Gasteiger partial charge in [0.15, 0.2) is 0 Å². The van der Waals surface area contributed by atoms with Gasteiger partial charge >= 0.3 is 0 Å². The second-order valence-corrected chi connectivity index (χ2v) is 3.31. The molecule has 0 saturated heterocycles. The molecular weight excluding hydrogens is 166 g/mol. The van der Waals surface area contributed by atoms with Gasteiger partial charge in [-0.25, -0.2) is 0 Å². The van der Waals surface area contributed by atoms with Gasteiger partial charge in [0.25, 0.3) is 0 Å². The molecule has 0 radical (unpaired) electrons. The summed E-state index contributed by atoms with van der Waals surface area (Å²) in [4.78, 5) is 11.2. The molecule has 68 valence electrons. The van der Waals surface area contributed by atoms with E-state index in [9.17, 15) is 4.79 Å². The van der Waals surface area contributed by atoms with E-state index in [1.807, 2.05) is 6.07 Å². The Morgan fingerprint density at radius 3 is 2.85 bits per heavy atom. The summed E-state index contributed by atoms with van der Waals surface area (Å²) in [5.74, 6) is -0.115. The molecule has 1 aromatic heterocycles. The highest BCUT2D eigenvalue weighted by Crippen LogP contribution is 2.22. The van der Waals surface area contributed by atoms with E-state index in [4.69, 9.17) is 9.68 Å². The van der Waals surface area contributed by atoms with Crippen LogP contribution in [-0.4, -0.2) is 5.78 Å². The molecule has 1 heterocycles. The summed E-state index contributed by atoms with van der Waals surface area (Å²) in [6.45, 7) is 3.08. The number of rotatable bonds is 3. The van der Waals surface area contributed by atoms with Gasteiger partial charge in [-0.3, -0.25) is 4.79 Å². The minimum Gasteiger partial charge on any atom is -0.472 e. The molecule has 1 atom stereocenters. The number of ketones is 1. The van der Waals surface area contributed by atoms with Crippen molar-refractivity contribution in [3.63, 3.8) is 0 Å². The number of hydrogen-bond donors (Lipinski definition) is 0. The predicted molar refractivity (Wildman–Crippen MR) is 46.8 cm³/mol. The SMILES string of the molecule is CC(=O)C(C)(C#N)Cc1ccoc1. The Morgan fingerprint density at radius 1 is 1.77 bits per heavy atom. The lowest BCUT2D eigenvalue weighted by atomic mass is 9.82. The van der Waals surface area contributed by atoms with Crippen LogP contribution in [0.15, 0.2) is 23.0 Å². The smallest absolute Gasteiger partial charge is 0.150 e. The van der Waals surface area contributed by atoms with Gasteiger partial charge in [-0.1, -0.05) is 0 Å². The van der Waals surface area contributed by atoms with Crippen molar-refractivity contribution < 1.29 is 9.21 Å². The fourth-order valence-electron chi connectivity index (χ4n) is 1.04. The molecule has 1 unspecified atom stereocenters. The van der Waals surface area contributed by atoms with Gasteiger partial charge in [-0.2, -0.15) is 5.26 Å². The Balaban J connectivity index is 2.83. The first-order valence-corrected chi connectivity index (χ1v) is 4.02. The molecule has 0 aliphatic rings. The normalized spacial score (nSPS) is 14.5. The van der Waals surface area contributed by atoms with Gasteiger partial charge in [0, 0.05) is 6.42 Å². The van der Waals surface area contributed by atoms with Gasteiger partial charge in [-0.05, 0) is 25.5 Å². The summed E-state index contributed by atoms with van der Waals surface area (Å²) in [7, 11) is 0. The van der Waals surface area contributed by atoms with Crippen molar-refractivity contribution in [2.24, 2.45) is 5.41 Å². The van der Waals surface area contributed by atoms with E-state index in [2.05, 4.69) is 0 Å². The average Bonchev–Trinajstić information content (AvgIpc) is 2.56. The predicted octanol–water partition coefficient (Wildman–Crippen LogP) is 1.94. The maximum absolute atomic E-state index is 11.2. The quantitative estimate of drug-likeness (QED) is 0.708. The zero-order valence-corrected chi connectivity index (χ0v) is 7.70. The van der Waals surface area contributed by atoms with Gasteiger partial charge in [0.2, 0.25) is 0 Å². The number of nitrogens with zero attached hydrogens (tertiary/aromatic N) is 1. The third-order valence-electron chi connectivity index (χ3n) is 2.16. The molecule has 1 aromatic rings. The molecule has 0 aromatic carbocycles. The summed E-state index contributed by atoms with van der Waals surface area (Å²) < 4.78 is 4.86. The van der Waals surface area contributed by atoms with Gasteiger partial charge in [0.1, 0.15) is 11.2 Å². The minimum atomic E-state index is -0.927. The molecule has 0 aliphatic carbocycles. The summed E-state index contributed by atoms with van der Waals surface area (Å²) in [5.41, 5.74) is -0.0524. The number of carbonyl (C=O) groups is 1. The van der Waals surface area contributed by atoms with E-state index in [-0.39, 0.29) is 5.78 Å². The summed E-state index contributed by atoms with van der Waals surface area (Å²) >= 11 is 0. The molecule has 0 N–H and O–H groups in total. The van der Waals surface area contributed by atoms with E-state index >= 15 is 0 Å². The lowest BCUT2D eigenvalue weighted by Crippen LogP contribution is -2.25. The van der Waals surface area contributed by atoms with E-state index in [1.54, 1.807) is 19.3 Å². The fourth-order valence-corrected chi connectivity index (χ4v) is 1.04. The van der Waals surface area contributed by atoms with Crippen molar-refractivity contribution in [1.82, 2.24) is 0 Å². The molecule has 0 amide bonds. The first-order valence-electron chi connectivity index (χ1n) is 4.02. The monoisotopic (exact) mass is 177 g/mol. The first-order chi connectivity index (χ1) is 6.08. The van der Waals surface area contributed by atoms with Crippen LogP contribution in [-0.2, 0) is 11.2 Å². The van der Waals surface area contributed by atoms with E-state index in [1.165, 1.54) is 13.2 Å². The van der Waals surface area contributed by atoms with Gasteiger partial charge in [0.05, 0.1) is 18.6 Å². The lowest BCUT2D eigenvalue weighted by Gasteiger charge is -2.15. The zero-order chi connectivity index (χ0) is 9.90. The number of carbonyl (C=O) groups excluding carboxylic acids is 1. The van der Waals surface area contributed by atoms with Crippen molar-refractivity contribution in [1.29, 1.82) is 5.26 Å². The van der Waals surface area contributed by atoms with Crippen LogP contribution >= 0.6 is 0 Å². The molecule has 3 heteroatoms. The molecule has 0 spiro atoms. The third-order valence-corrected chi connectivity index (χ3v) is 2.16. The van der Waals surface area contributed by atoms with Crippen molar-refractivity contribution in [3.8, 4) is 6.07 Å². The minimum absolute atomic E-state index is 0.115. The highest BCUT2D eigenvalue weighted by molar-refractivity contribution is 5.85. The second-order valence-electron chi connectivity index (χ2n) is 3.31. The number of nitriles is 1. The Labute approximate surface area is 77.0 Å². The Bertz CT molecular complexity index is 334. The van der Waals surface area contributed by atoms with Crippen molar-refractivity contribution in [3.05, 3.63) is 24.2 Å². The highest BCUT2D eigenvalue weighted by Gasteiger charge is 2.30. The molecule has 13 heavy (non-hydrogen) atoms. The molecule has 0 bridgehead atoms. The van der Waals surface area contributed by atoms with Crippen LogP contribution in [0.25, 0.3) is 0 Å². The molecule has 0 fully saturated rings. The third kappa shape index (κ3) is 1.97. The van der Waals surface area contributed by atoms with Crippen molar-refractivity contribution in [2.75, 3.05) is 0 Å². The topological polar surface area (TPSA) is 54.0 Å². The van der Waals surface area contributed by atoms with Crippen LogP contribution < -0.4 is 0 Å². The lowest BCUT2D eigenvalue weighted by molar-refractivity contribution is -0.123. The summed E-state index contributed by atoms with van der Waals surface area (Å²) in [6, 6.07) is 3.79. The van der Waals surface area contributed by atoms with E-state index in [0.717, 1.165) is 5.56 Å². The molecule has 0 saturated carbocycles. The van der Waals surface area contributed by atoms with Crippen LogP contribution in [0.1, 0.15) is 19.4 Å².